The van der Waals surface area contributed by atoms with Crippen LogP contribution in [0.2, 0.25) is 0 Å². The number of thiazole rings is 1. The van der Waals surface area contributed by atoms with Crippen molar-refractivity contribution in [2.45, 2.75) is 20.8 Å². The number of rotatable bonds is 3. The highest BCUT2D eigenvalue weighted by Crippen LogP contribution is 2.18. The van der Waals surface area contributed by atoms with Crippen LogP contribution in [-0.4, -0.2) is 15.7 Å². The van der Waals surface area contributed by atoms with Crippen molar-refractivity contribution in [3.05, 3.63) is 59.5 Å². The van der Waals surface area contributed by atoms with E-state index in [1.807, 2.05) is 0 Å². The number of Topliss-reactive ketones (excluding diaryl/α,β-unsaturated/α-hetero) is 1. The number of aromatic nitrogens is 1. The van der Waals surface area contributed by atoms with Crippen molar-refractivity contribution >= 4 is 35.0 Å². The highest BCUT2D eigenvalue weighted by atomic mass is 32.1. The Morgan fingerprint density at radius 2 is 1.96 bits per heavy atom. The van der Waals surface area contributed by atoms with Crippen LogP contribution < -0.4 is 14.8 Å². The van der Waals surface area contributed by atoms with E-state index in [9.17, 15) is 19.7 Å². The predicted octanol–water partition coefficient (Wildman–Crippen LogP) is 1.57. The number of carbonyl (C=O) groups excluding carboxylic acids is 1. The van der Waals surface area contributed by atoms with Crippen molar-refractivity contribution in [2.75, 3.05) is 0 Å². The lowest BCUT2D eigenvalue weighted by Crippen LogP contribution is -2.22. The third-order valence-corrected chi connectivity index (χ3v) is 4.06. The number of H-pyrrole nitrogens is 1. The first-order chi connectivity index (χ1) is 10.7. The largest absolute Gasteiger partial charge is 0.313 e. The van der Waals surface area contributed by atoms with Gasteiger partial charge in [-0.15, -0.1) is 11.3 Å². The summed E-state index contributed by atoms with van der Waals surface area (Å²) in [6.45, 7) is 5.37. The third kappa shape index (κ3) is 4.01. The standard InChI is InChI=1S/C16H16N2O4S/c1-16(2,3)13(19)9-14-17-15(20)12(23-14)8-10-6-4-5-7-11(10)18(21)22/h4-9H,1-3H3,(H,17,20)/b12-8+,14-9+. The Balaban J connectivity index is 2.56. The topological polar surface area (TPSA) is 93.1 Å². The minimum atomic E-state index is -0.539. The SMILES string of the molecule is CC(C)(C)C(=O)/C=c1\[nH]c(=O)/c(=C\c2ccccc2[N+](=O)[O-])s1. The van der Waals surface area contributed by atoms with E-state index in [1.165, 1.54) is 18.2 Å². The van der Waals surface area contributed by atoms with Gasteiger partial charge in [-0.1, -0.05) is 32.9 Å². The Hall–Kier alpha value is -2.54. The number of nitro benzene ring substituents is 1. The van der Waals surface area contributed by atoms with Crippen molar-refractivity contribution in [1.29, 1.82) is 0 Å². The number of benzene rings is 1. The average Bonchev–Trinajstić information content (AvgIpc) is 2.78. The van der Waals surface area contributed by atoms with Gasteiger partial charge in [0.05, 0.1) is 19.7 Å². The molecule has 120 valence electrons. The summed E-state index contributed by atoms with van der Waals surface area (Å²) in [6.07, 6.45) is 2.85. The number of ketones is 1. The van der Waals surface area contributed by atoms with E-state index in [4.69, 9.17) is 0 Å². The highest BCUT2D eigenvalue weighted by molar-refractivity contribution is 7.07. The number of hydrogen-bond acceptors (Lipinski definition) is 5. The summed E-state index contributed by atoms with van der Waals surface area (Å²) in [4.78, 5) is 37.1. The molecule has 0 unspecified atom stereocenters. The maximum absolute atomic E-state index is 12.0. The van der Waals surface area contributed by atoms with Crippen LogP contribution in [-0.2, 0) is 4.79 Å². The second-order valence-corrected chi connectivity index (χ2v) is 7.09. The van der Waals surface area contributed by atoms with Crippen molar-refractivity contribution in [3.8, 4) is 0 Å². The summed E-state index contributed by atoms with van der Waals surface area (Å²) < 4.78 is 0.743. The average molecular weight is 332 g/mol. The first-order valence-corrected chi connectivity index (χ1v) is 7.70. The molecule has 0 fully saturated rings. The smallest absolute Gasteiger partial charge is 0.276 e. The molecule has 0 aliphatic carbocycles. The lowest BCUT2D eigenvalue weighted by molar-refractivity contribution is -0.385. The van der Waals surface area contributed by atoms with Crippen molar-refractivity contribution < 1.29 is 9.72 Å². The maximum Gasteiger partial charge on any atom is 0.276 e. The minimum Gasteiger partial charge on any atom is -0.313 e. The number of aromatic amines is 1. The lowest BCUT2D eigenvalue weighted by atomic mass is 9.91. The Labute approximate surface area is 135 Å². The molecule has 0 aliphatic rings. The van der Waals surface area contributed by atoms with Crippen LogP contribution in [0, 0.1) is 15.5 Å². The molecule has 1 N–H and O–H groups in total. The summed E-state index contributed by atoms with van der Waals surface area (Å²) in [5, 5.41) is 11.0. The molecule has 0 bridgehead atoms. The van der Waals surface area contributed by atoms with E-state index in [0.717, 1.165) is 11.3 Å². The fourth-order valence-corrected chi connectivity index (χ4v) is 2.65. The molecule has 7 heteroatoms. The third-order valence-electron chi connectivity index (χ3n) is 3.10. The maximum atomic E-state index is 12.0. The molecule has 1 heterocycles. The zero-order chi connectivity index (χ0) is 17.2. The molecule has 23 heavy (non-hydrogen) atoms. The number of carbonyl (C=O) groups is 1. The number of nitrogens with one attached hydrogen (secondary N) is 1. The van der Waals surface area contributed by atoms with Crippen LogP contribution in [0.1, 0.15) is 26.3 Å². The minimum absolute atomic E-state index is 0.0726. The van der Waals surface area contributed by atoms with Gasteiger partial charge in [0.1, 0.15) is 0 Å². The van der Waals surface area contributed by atoms with Crippen molar-refractivity contribution in [2.24, 2.45) is 5.41 Å². The fraction of sp³-hybridized carbons (Fsp3) is 0.250. The molecule has 1 aromatic heterocycles. The van der Waals surface area contributed by atoms with Gasteiger partial charge in [0.15, 0.2) is 5.78 Å². The first-order valence-electron chi connectivity index (χ1n) is 6.89. The summed E-state index contributed by atoms with van der Waals surface area (Å²) in [6, 6.07) is 6.18. The van der Waals surface area contributed by atoms with Gasteiger partial charge in [-0.2, -0.15) is 0 Å². The molecule has 0 atom stereocenters. The summed E-state index contributed by atoms with van der Waals surface area (Å²) in [5.41, 5.74) is -0.639. The Morgan fingerprint density at radius 1 is 1.30 bits per heavy atom. The number of nitro groups is 1. The zero-order valence-electron chi connectivity index (χ0n) is 13.0. The molecule has 1 aromatic carbocycles. The molecule has 0 radical (unpaired) electrons. The van der Waals surface area contributed by atoms with Crippen LogP contribution in [0.3, 0.4) is 0 Å². The van der Waals surface area contributed by atoms with Gasteiger partial charge in [-0.05, 0) is 12.1 Å². The van der Waals surface area contributed by atoms with E-state index in [2.05, 4.69) is 4.98 Å². The molecular weight excluding hydrogens is 316 g/mol. The van der Waals surface area contributed by atoms with E-state index in [0.29, 0.717) is 14.8 Å². The Morgan fingerprint density at radius 3 is 2.57 bits per heavy atom. The number of hydrogen-bond donors (Lipinski definition) is 1. The van der Waals surface area contributed by atoms with Gasteiger partial charge < -0.3 is 4.98 Å². The van der Waals surface area contributed by atoms with Crippen LogP contribution in [0.25, 0.3) is 12.2 Å². The van der Waals surface area contributed by atoms with E-state index >= 15 is 0 Å². The van der Waals surface area contributed by atoms with Crippen LogP contribution in [0.5, 0.6) is 0 Å². The summed E-state index contributed by atoms with van der Waals surface area (Å²) in [7, 11) is 0. The highest BCUT2D eigenvalue weighted by Gasteiger charge is 2.18. The van der Waals surface area contributed by atoms with Crippen LogP contribution >= 0.6 is 11.3 Å². The molecule has 2 aromatic rings. The quantitative estimate of drug-likeness (QED) is 0.682. The van der Waals surface area contributed by atoms with Gasteiger partial charge >= 0.3 is 0 Å². The molecule has 0 spiro atoms. The van der Waals surface area contributed by atoms with Crippen molar-refractivity contribution in [1.82, 2.24) is 4.98 Å². The summed E-state index contributed by atoms with van der Waals surface area (Å²) in [5.74, 6) is -0.104. The molecule has 0 saturated carbocycles. The first kappa shape index (κ1) is 16.8. The van der Waals surface area contributed by atoms with Gasteiger partial charge in [-0.3, -0.25) is 19.7 Å². The van der Waals surface area contributed by atoms with Crippen molar-refractivity contribution in [3.63, 3.8) is 0 Å². The molecular formula is C16H16N2O4S. The van der Waals surface area contributed by atoms with E-state index < -0.39 is 10.3 Å². The van der Waals surface area contributed by atoms with Crippen LogP contribution in [0.4, 0.5) is 5.69 Å². The van der Waals surface area contributed by atoms with Gasteiger partial charge in [0.25, 0.3) is 11.2 Å². The normalized spacial score (nSPS) is 13.3. The van der Waals surface area contributed by atoms with Gasteiger partial charge in [-0.25, -0.2) is 0 Å². The predicted molar refractivity (Wildman–Crippen MR) is 89.8 cm³/mol. The summed E-state index contributed by atoms with van der Waals surface area (Å²) >= 11 is 1.10. The Kier molecular flexibility index (Phi) is 4.60. The molecule has 0 saturated heterocycles. The molecule has 6 nitrogen and oxygen atoms in total. The zero-order valence-corrected chi connectivity index (χ0v) is 13.8. The van der Waals surface area contributed by atoms with Crippen LogP contribution in [0.15, 0.2) is 29.1 Å². The Bertz CT molecular complexity index is 932. The van der Waals surface area contributed by atoms with Gasteiger partial charge in [0.2, 0.25) is 0 Å². The molecule has 0 aliphatic heterocycles. The lowest BCUT2D eigenvalue weighted by Gasteiger charge is -2.12. The van der Waals surface area contributed by atoms with E-state index in [1.54, 1.807) is 39.0 Å². The van der Waals surface area contributed by atoms with Gasteiger partial charge in [0, 0.05) is 17.6 Å². The molecule has 2 rings (SSSR count). The fourth-order valence-electron chi connectivity index (χ4n) is 1.78. The second kappa shape index (κ2) is 6.29. The number of para-hydroxylation sites is 1. The van der Waals surface area contributed by atoms with E-state index in [-0.39, 0.29) is 17.0 Å². The second-order valence-electron chi connectivity index (χ2n) is 6.00. The molecule has 0 amide bonds. The number of nitrogens with zero attached hydrogens (tertiary/aromatic N) is 1. The monoisotopic (exact) mass is 332 g/mol.